The molecule has 0 bridgehead atoms. The van der Waals surface area contributed by atoms with Crippen LogP contribution in [0.25, 0.3) is 0 Å². The van der Waals surface area contributed by atoms with Crippen LogP contribution in [0.1, 0.15) is 27.2 Å². The summed E-state index contributed by atoms with van der Waals surface area (Å²) in [6, 6.07) is 0. The molecule has 0 aliphatic rings. The number of hydrazone groups is 1. The lowest BCUT2D eigenvalue weighted by Gasteiger charge is -2.01. The molecule has 0 rings (SSSR count). The molecule has 0 spiro atoms. The van der Waals surface area contributed by atoms with Gasteiger partial charge in [-0.25, -0.2) is 0 Å². The summed E-state index contributed by atoms with van der Waals surface area (Å²) >= 11 is 0. The Morgan fingerprint density at radius 2 is 2.22 bits per heavy atom. The molecule has 0 fully saturated rings. The van der Waals surface area contributed by atoms with Crippen molar-refractivity contribution < 1.29 is 0 Å². The molecule has 0 aromatic heterocycles. The van der Waals surface area contributed by atoms with Crippen LogP contribution in [0.3, 0.4) is 0 Å². The van der Waals surface area contributed by atoms with E-state index >= 15 is 0 Å². The van der Waals surface area contributed by atoms with Crippen LogP contribution in [0, 0.1) is 5.92 Å². The Kier molecular flexibility index (Phi) is 5.27. The maximum absolute atomic E-state index is 3.87. The molecule has 0 aliphatic carbocycles. The topological polar surface area (TPSA) is 24.4 Å². The smallest absolute Gasteiger partial charge is 0.0331 e. The molecule has 0 aliphatic heterocycles. The molecule has 1 N–H and O–H groups in total. The number of hydrogen-bond donors (Lipinski definition) is 1. The van der Waals surface area contributed by atoms with Gasteiger partial charge in [0, 0.05) is 12.8 Å². The van der Waals surface area contributed by atoms with Crippen molar-refractivity contribution in [3.8, 4) is 0 Å². The van der Waals surface area contributed by atoms with Gasteiger partial charge in [0.2, 0.25) is 0 Å². The van der Waals surface area contributed by atoms with Crippen LogP contribution in [0.4, 0.5) is 0 Å². The zero-order valence-corrected chi connectivity index (χ0v) is 6.52. The quantitative estimate of drug-likeness (QED) is 0.347. The van der Waals surface area contributed by atoms with Crippen molar-refractivity contribution in [2.75, 3.05) is 6.54 Å². The molecular weight excluding hydrogens is 112 g/mol. The largest absolute Gasteiger partial charge is 0.310 e. The van der Waals surface area contributed by atoms with Gasteiger partial charge in [0.1, 0.15) is 0 Å². The Morgan fingerprint density at radius 1 is 1.56 bits per heavy atom. The van der Waals surface area contributed by atoms with Crippen LogP contribution in [0.15, 0.2) is 5.10 Å². The predicted molar refractivity (Wildman–Crippen MR) is 41.6 cm³/mol. The van der Waals surface area contributed by atoms with Crippen molar-refractivity contribution in [3.05, 3.63) is 0 Å². The van der Waals surface area contributed by atoms with E-state index in [0.717, 1.165) is 12.5 Å². The van der Waals surface area contributed by atoms with Gasteiger partial charge in [-0.1, -0.05) is 13.8 Å². The van der Waals surface area contributed by atoms with E-state index in [1.54, 1.807) is 6.21 Å². The first-order chi connectivity index (χ1) is 4.27. The first-order valence-electron chi connectivity index (χ1n) is 3.48. The summed E-state index contributed by atoms with van der Waals surface area (Å²) in [5.74, 6) is 0.768. The summed E-state index contributed by atoms with van der Waals surface area (Å²) < 4.78 is 0. The summed E-state index contributed by atoms with van der Waals surface area (Å²) in [6.45, 7) is 7.30. The lowest BCUT2D eigenvalue weighted by atomic mass is 10.1. The van der Waals surface area contributed by atoms with Crippen molar-refractivity contribution >= 4 is 6.21 Å². The minimum absolute atomic E-state index is 0.768. The van der Waals surface area contributed by atoms with Crippen molar-refractivity contribution in [2.24, 2.45) is 11.0 Å². The third kappa shape index (κ3) is 7.47. The first-order valence-corrected chi connectivity index (χ1v) is 3.48. The molecule has 0 unspecified atom stereocenters. The zero-order chi connectivity index (χ0) is 7.11. The van der Waals surface area contributed by atoms with E-state index in [0.29, 0.717) is 0 Å². The average Bonchev–Trinajstić information content (AvgIpc) is 1.80. The number of hydrogen-bond acceptors (Lipinski definition) is 2. The average molecular weight is 128 g/mol. The SMILES string of the molecule is C/C=N\NCCC(C)C. The Morgan fingerprint density at radius 3 is 2.67 bits per heavy atom. The Balaban J connectivity index is 2.91. The second-order valence-corrected chi connectivity index (χ2v) is 2.48. The molecule has 0 aromatic rings. The lowest BCUT2D eigenvalue weighted by Crippen LogP contribution is -2.09. The monoisotopic (exact) mass is 128 g/mol. The molecule has 0 saturated carbocycles. The van der Waals surface area contributed by atoms with Gasteiger partial charge in [0.25, 0.3) is 0 Å². The standard InChI is InChI=1S/C7H16N2/c1-4-8-9-6-5-7(2)3/h4,7,9H,5-6H2,1-3H3/b8-4-. The summed E-state index contributed by atoms with van der Waals surface area (Å²) in [5.41, 5.74) is 2.94. The molecule has 2 heteroatoms. The highest BCUT2D eigenvalue weighted by Gasteiger charge is 1.89. The van der Waals surface area contributed by atoms with Crippen molar-refractivity contribution in [1.82, 2.24) is 5.43 Å². The van der Waals surface area contributed by atoms with E-state index in [9.17, 15) is 0 Å². The molecule has 0 radical (unpaired) electrons. The third-order valence-corrected chi connectivity index (χ3v) is 1.05. The number of nitrogens with one attached hydrogen (secondary N) is 1. The van der Waals surface area contributed by atoms with Crippen LogP contribution in [0.5, 0.6) is 0 Å². The van der Waals surface area contributed by atoms with Gasteiger partial charge < -0.3 is 5.43 Å². The Bertz CT molecular complexity index is 77.0. The van der Waals surface area contributed by atoms with E-state index in [1.165, 1.54) is 6.42 Å². The maximum Gasteiger partial charge on any atom is 0.0331 e. The molecule has 0 saturated heterocycles. The van der Waals surface area contributed by atoms with Gasteiger partial charge in [0.05, 0.1) is 0 Å². The van der Waals surface area contributed by atoms with Gasteiger partial charge in [-0.05, 0) is 19.3 Å². The molecule has 0 atom stereocenters. The van der Waals surface area contributed by atoms with Crippen molar-refractivity contribution in [2.45, 2.75) is 27.2 Å². The van der Waals surface area contributed by atoms with Crippen LogP contribution < -0.4 is 5.43 Å². The van der Waals surface area contributed by atoms with E-state index in [2.05, 4.69) is 24.4 Å². The van der Waals surface area contributed by atoms with Crippen molar-refractivity contribution in [3.63, 3.8) is 0 Å². The second kappa shape index (κ2) is 5.60. The predicted octanol–water partition coefficient (Wildman–Crippen LogP) is 1.63. The summed E-state index contributed by atoms with van der Waals surface area (Å²) in [4.78, 5) is 0. The van der Waals surface area contributed by atoms with Crippen LogP contribution in [0.2, 0.25) is 0 Å². The molecule has 0 amide bonds. The van der Waals surface area contributed by atoms with Gasteiger partial charge >= 0.3 is 0 Å². The fourth-order valence-corrected chi connectivity index (χ4v) is 0.509. The summed E-state index contributed by atoms with van der Waals surface area (Å²) in [6.07, 6.45) is 2.96. The maximum atomic E-state index is 3.87. The number of nitrogens with zero attached hydrogens (tertiary/aromatic N) is 1. The Labute approximate surface area is 57.3 Å². The van der Waals surface area contributed by atoms with E-state index in [4.69, 9.17) is 0 Å². The van der Waals surface area contributed by atoms with E-state index in [1.807, 2.05) is 6.92 Å². The highest BCUT2D eigenvalue weighted by atomic mass is 15.3. The molecular formula is C7H16N2. The third-order valence-electron chi connectivity index (χ3n) is 1.05. The molecule has 9 heavy (non-hydrogen) atoms. The summed E-state index contributed by atoms with van der Waals surface area (Å²) in [7, 11) is 0. The minimum atomic E-state index is 0.768. The first kappa shape index (κ1) is 8.47. The highest BCUT2D eigenvalue weighted by molar-refractivity contribution is 5.52. The van der Waals surface area contributed by atoms with Crippen molar-refractivity contribution in [1.29, 1.82) is 0 Å². The fourth-order valence-electron chi connectivity index (χ4n) is 0.509. The fraction of sp³-hybridized carbons (Fsp3) is 0.857. The van der Waals surface area contributed by atoms with Crippen LogP contribution in [-0.4, -0.2) is 12.8 Å². The molecule has 54 valence electrons. The normalized spacial score (nSPS) is 11.1. The lowest BCUT2D eigenvalue weighted by molar-refractivity contribution is 0.549. The van der Waals surface area contributed by atoms with E-state index in [-0.39, 0.29) is 0 Å². The number of rotatable bonds is 4. The Hall–Kier alpha value is -0.530. The van der Waals surface area contributed by atoms with Crippen LogP contribution >= 0.6 is 0 Å². The van der Waals surface area contributed by atoms with E-state index < -0.39 is 0 Å². The van der Waals surface area contributed by atoms with Gasteiger partial charge in [0.15, 0.2) is 0 Å². The van der Waals surface area contributed by atoms with Gasteiger partial charge in [-0.3, -0.25) is 0 Å². The van der Waals surface area contributed by atoms with Crippen LogP contribution in [-0.2, 0) is 0 Å². The second-order valence-electron chi connectivity index (χ2n) is 2.48. The zero-order valence-electron chi connectivity index (χ0n) is 6.52. The van der Waals surface area contributed by atoms with Gasteiger partial charge in [-0.2, -0.15) is 5.10 Å². The molecule has 0 aromatic carbocycles. The highest BCUT2D eigenvalue weighted by Crippen LogP contribution is 1.95. The molecule has 0 heterocycles. The summed E-state index contributed by atoms with van der Waals surface area (Å²) in [5, 5.41) is 3.87. The minimum Gasteiger partial charge on any atom is -0.310 e. The van der Waals surface area contributed by atoms with Gasteiger partial charge in [-0.15, -0.1) is 0 Å². The molecule has 2 nitrogen and oxygen atoms in total.